The van der Waals surface area contributed by atoms with Crippen LogP contribution in [0.25, 0.3) is 11.1 Å². The summed E-state index contributed by atoms with van der Waals surface area (Å²) in [7, 11) is 0. The smallest absolute Gasteiger partial charge is 0.262 e. The van der Waals surface area contributed by atoms with Crippen LogP contribution in [0.1, 0.15) is 10.4 Å². The van der Waals surface area contributed by atoms with Gasteiger partial charge in [-0.15, -0.1) is 0 Å². The Morgan fingerprint density at radius 3 is 2.32 bits per heavy atom. The molecule has 158 valence electrons. The zero-order chi connectivity index (χ0) is 21.5. The van der Waals surface area contributed by atoms with Crippen LogP contribution >= 0.6 is 0 Å². The summed E-state index contributed by atoms with van der Waals surface area (Å²) < 4.78 is 10.9. The SMILES string of the molecule is O=C(COc1ccc(-c2ccccc2)cc1)Nc1cccc(C(=O)N2CCOCC2)c1. The first-order valence-electron chi connectivity index (χ1n) is 10.2. The lowest BCUT2D eigenvalue weighted by molar-refractivity contribution is -0.118. The van der Waals surface area contributed by atoms with E-state index in [1.54, 1.807) is 29.2 Å². The van der Waals surface area contributed by atoms with Crippen molar-refractivity contribution in [3.05, 3.63) is 84.4 Å². The molecule has 4 rings (SSSR count). The van der Waals surface area contributed by atoms with Crippen molar-refractivity contribution in [2.75, 3.05) is 38.2 Å². The quantitative estimate of drug-likeness (QED) is 0.663. The zero-order valence-electron chi connectivity index (χ0n) is 17.1. The highest BCUT2D eigenvalue weighted by molar-refractivity contribution is 5.97. The molecule has 0 radical (unpaired) electrons. The normalized spacial score (nSPS) is 13.5. The predicted molar refractivity (Wildman–Crippen MR) is 119 cm³/mol. The molecule has 0 saturated carbocycles. The van der Waals surface area contributed by atoms with Gasteiger partial charge in [0.1, 0.15) is 5.75 Å². The van der Waals surface area contributed by atoms with Crippen LogP contribution in [-0.4, -0.2) is 49.6 Å². The molecule has 3 aromatic carbocycles. The minimum atomic E-state index is -0.289. The number of carbonyl (C=O) groups excluding carboxylic acids is 2. The summed E-state index contributed by atoms with van der Waals surface area (Å²) in [6.45, 7) is 2.13. The van der Waals surface area contributed by atoms with Crippen molar-refractivity contribution in [3.63, 3.8) is 0 Å². The largest absolute Gasteiger partial charge is 0.484 e. The van der Waals surface area contributed by atoms with E-state index in [2.05, 4.69) is 5.32 Å². The molecule has 0 aliphatic carbocycles. The van der Waals surface area contributed by atoms with E-state index in [0.717, 1.165) is 11.1 Å². The number of nitrogens with one attached hydrogen (secondary N) is 1. The summed E-state index contributed by atoms with van der Waals surface area (Å²) in [6, 6.07) is 24.6. The summed E-state index contributed by atoms with van der Waals surface area (Å²) in [6.07, 6.45) is 0. The molecule has 2 amide bonds. The number of ether oxygens (including phenoxy) is 2. The number of rotatable bonds is 6. The molecule has 1 fully saturated rings. The van der Waals surface area contributed by atoms with Crippen molar-refractivity contribution >= 4 is 17.5 Å². The monoisotopic (exact) mass is 416 g/mol. The lowest BCUT2D eigenvalue weighted by atomic mass is 10.1. The molecule has 0 spiro atoms. The Hall–Kier alpha value is -3.64. The van der Waals surface area contributed by atoms with Gasteiger partial charge in [0.05, 0.1) is 13.2 Å². The molecule has 0 aromatic heterocycles. The molecule has 3 aromatic rings. The molecule has 0 atom stereocenters. The number of nitrogens with zero attached hydrogens (tertiary/aromatic N) is 1. The Kier molecular flexibility index (Phi) is 6.59. The van der Waals surface area contributed by atoms with E-state index in [4.69, 9.17) is 9.47 Å². The molecule has 31 heavy (non-hydrogen) atoms. The van der Waals surface area contributed by atoms with E-state index in [0.29, 0.717) is 43.3 Å². The first kappa shape index (κ1) is 20.6. The first-order chi connectivity index (χ1) is 15.2. The Morgan fingerprint density at radius 2 is 1.58 bits per heavy atom. The second-order valence-electron chi connectivity index (χ2n) is 7.21. The molecule has 1 N–H and O–H groups in total. The lowest BCUT2D eigenvalue weighted by Crippen LogP contribution is -2.40. The van der Waals surface area contributed by atoms with E-state index in [1.165, 1.54) is 0 Å². The second-order valence-corrected chi connectivity index (χ2v) is 7.21. The summed E-state index contributed by atoms with van der Waals surface area (Å²) >= 11 is 0. The molecule has 0 unspecified atom stereocenters. The molecule has 6 nitrogen and oxygen atoms in total. The third kappa shape index (κ3) is 5.49. The van der Waals surface area contributed by atoms with Crippen LogP contribution in [0.4, 0.5) is 5.69 Å². The minimum Gasteiger partial charge on any atom is -0.484 e. The number of hydrogen-bond acceptors (Lipinski definition) is 4. The van der Waals surface area contributed by atoms with Crippen molar-refractivity contribution < 1.29 is 19.1 Å². The van der Waals surface area contributed by atoms with Crippen LogP contribution in [-0.2, 0) is 9.53 Å². The van der Waals surface area contributed by atoms with Gasteiger partial charge in [0.15, 0.2) is 6.61 Å². The molecular formula is C25H24N2O4. The zero-order valence-corrected chi connectivity index (χ0v) is 17.1. The van der Waals surface area contributed by atoms with Crippen LogP contribution in [0.15, 0.2) is 78.9 Å². The molecule has 1 aliphatic rings. The number of anilines is 1. The van der Waals surface area contributed by atoms with Gasteiger partial charge in [0, 0.05) is 24.3 Å². The van der Waals surface area contributed by atoms with E-state index in [-0.39, 0.29) is 18.4 Å². The fourth-order valence-corrected chi connectivity index (χ4v) is 3.40. The van der Waals surface area contributed by atoms with Gasteiger partial charge in [-0.3, -0.25) is 9.59 Å². The van der Waals surface area contributed by atoms with E-state index >= 15 is 0 Å². The van der Waals surface area contributed by atoms with Gasteiger partial charge in [0.25, 0.3) is 11.8 Å². The third-order valence-electron chi connectivity index (χ3n) is 5.02. The summed E-state index contributed by atoms with van der Waals surface area (Å²) in [5, 5.41) is 2.79. The number of benzene rings is 3. The van der Waals surface area contributed by atoms with Crippen LogP contribution in [0.3, 0.4) is 0 Å². The standard InChI is InChI=1S/C25H24N2O4/c28-24(18-31-23-11-9-20(10-12-23)19-5-2-1-3-6-19)26-22-8-4-7-21(17-22)25(29)27-13-15-30-16-14-27/h1-12,17H,13-16,18H2,(H,26,28). The summed E-state index contributed by atoms with van der Waals surface area (Å²) in [5.41, 5.74) is 3.31. The fraction of sp³-hybridized carbons (Fsp3) is 0.200. The van der Waals surface area contributed by atoms with Crippen molar-refractivity contribution in [2.24, 2.45) is 0 Å². The molecule has 1 heterocycles. The summed E-state index contributed by atoms with van der Waals surface area (Å²) in [5.74, 6) is 0.267. The highest BCUT2D eigenvalue weighted by atomic mass is 16.5. The van der Waals surface area contributed by atoms with Crippen LogP contribution in [0.2, 0.25) is 0 Å². The van der Waals surface area contributed by atoms with Crippen molar-refractivity contribution in [3.8, 4) is 16.9 Å². The highest BCUT2D eigenvalue weighted by Crippen LogP contribution is 2.22. The fourth-order valence-electron chi connectivity index (χ4n) is 3.40. The predicted octanol–water partition coefficient (Wildman–Crippen LogP) is 3.84. The molecular weight excluding hydrogens is 392 g/mol. The molecule has 1 saturated heterocycles. The van der Waals surface area contributed by atoms with Gasteiger partial charge in [-0.25, -0.2) is 0 Å². The van der Waals surface area contributed by atoms with Gasteiger partial charge < -0.3 is 19.7 Å². The number of hydrogen-bond donors (Lipinski definition) is 1. The van der Waals surface area contributed by atoms with Crippen molar-refractivity contribution in [2.45, 2.75) is 0 Å². The van der Waals surface area contributed by atoms with Crippen LogP contribution in [0.5, 0.6) is 5.75 Å². The Labute approximate surface area is 181 Å². The lowest BCUT2D eigenvalue weighted by Gasteiger charge is -2.27. The first-order valence-corrected chi connectivity index (χ1v) is 10.2. The Morgan fingerprint density at radius 1 is 0.871 bits per heavy atom. The third-order valence-corrected chi connectivity index (χ3v) is 5.02. The Balaban J connectivity index is 1.31. The van der Waals surface area contributed by atoms with Gasteiger partial charge in [-0.2, -0.15) is 0 Å². The van der Waals surface area contributed by atoms with E-state index in [9.17, 15) is 9.59 Å². The maximum Gasteiger partial charge on any atom is 0.262 e. The van der Waals surface area contributed by atoms with Gasteiger partial charge in [-0.1, -0.05) is 48.5 Å². The Bertz CT molecular complexity index is 1030. The highest BCUT2D eigenvalue weighted by Gasteiger charge is 2.18. The van der Waals surface area contributed by atoms with Gasteiger partial charge >= 0.3 is 0 Å². The van der Waals surface area contributed by atoms with Crippen molar-refractivity contribution in [1.82, 2.24) is 4.90 Å². The second kappa shape index (κ2) is 9.91. The maximum atomic E-state index is 12.6. The average molecular weight is 416 g/mol. The number of amides is 2. The maximum absolute atomic E-state index is 12.6. The molecule has 0 bridgehead atoms. The minimum absolute atomic E-state index is 0.0610. The number of carbonyl (C=O) groups is 2. The van der Waals surface area contributed by atoms with Gasteiger partial charge in [-0.05, 0) is 41.5 Å². The van der Waals surface area contributed by atoms with E-state index < -0.39 is 0 Å². The van der Waals surface area contributed by atoms with Crippen molar-refractivity contribution in [1.29, 1.82) is 0 Å². The van der Waals surface area contributed by atoms with E-state index in [1.807, 2.05) is 54.6 Å². The summed E-state index contributed by atoms with van der Waals surface area (Å²) in [4.78, 5) is 26.7. The van der Waals surface area contributed by atoms with Gasteiger partial charge in [0.2, 0.25) is 0 Å². The molecule has 1 aliphatic heterocycles. The average Bonchev–Trinajstić information content (AvgIpc) is 2.84. The topological polar surface area (TPSA) is 67.9 Å². The van der Waals surface area contributed by atoms with Crippen LogP contribution in [0, 0.1) is 0 Å². The molecule has 6 heteroatoms. The number of morpholine rings is 1. The van der Waals surface area contributed by atoms with Crippen LogP contribution < -0.4 is 10.1 Å².